The Hall–Kier alpha value is -3.41. The minimum atomic E-state index is -0.291. The average molecular weight is 376 g/mol. The number of nitrogens with one attached hydrogen (secondary N) is 1. The molecule has 1 N–H and O–H groups in total. The number of carbonyl (C=O) groups is 1. The Morgan fingerprint density at radius 1 is 1.00 bits per heavy atom. The molecule has 1 amide bonds. The first kappa shape index (κ1) is 19.4. The van der Waals surface area contributed by atoms with Crippen LogP contribution in [-0.2, 0) is 0 Å². The smallest absolute Gasteiger partial charge is 0.274 e. The number of methoxy groups -OCH3 is 1. The third-order valence-electron chi connectivity index (χ3n) is 4.39. The summed E-state index contributed by atoms with van der Waals surface area (Å²) in [5.41, 5.74) is 1.83. The van der Waals surface area contributed by atoms with Gasteiger partial charge in [-0.25, -0.2) is 9.97 Å². The van der Waals surface area contributed by atoms with Crippen LogP contribution in [0.1, 0.15) is 24.3 Å². The number of anilines is 2. The monoisotopic (exact) mass is 376 g/mol. The van der Waals surface area contributed by atoms with Gasteiger partial charge in [-0.3, -0.25) is 4.79 Å². The first-order valence-corrected chi connectivity index (χ1v) is 9.29. The molecule has 6 heteroatoms. The number of nitrogens with zero attached hydrogens (tertiary/aromatic N) is 3. The summed E-state index contributed by atoms with van der Waals surface area (Å²) < 4.78 is 5.22. The SMILES string of the molecule is CCN(CC)c1cc(C(=O)Nc2cccc(OC)c2)nc(-c2ccccc2)n1. The molecule has 0 fully saturated rings. The van der Waals surface area contributed by atoms with Crippen LogP contribution in [0.3, 0.4) is 0 Å². The fourth-order valence-corrected chi connectivity index (χ4v) is 2.87. The normalized spacial score (nSPS) is 10.4. The average Bonchev–Trinajstić information content (AvgIpc) is 2.75. The second-order valence-corrected chi connectivity index (χ2v) is 6.16. The van der Waals surface area contributed by atoms with Gasteiger partial charge in [-0.2, -0.15) is 0 Å². The Morgan fingerprint density at radius 3 is 2.43 bits per heavy atom. The minimum Gasteiger partial charge on any atom is -0.497 e. The molecule has 0 aliphatic heterocycles. The molecular weight excluding hydrogens is 352 g/mol. The molecule has 2 aromatic carbocycles. The van der Waals surface area contributed by atoms with Crippen LogP contribution in [0.25, 0.3) is 11.4 Å². The van der Waals surface area contributed by atoms with E-state index < -0.39 is 0 Å². The number of carbonyl (C=O) groups excluding carboxylic acids is 1. The molecule has 144 valence electrons. The Bertz CT molecular complexity index is 940. The molecule has 0 bridgehead atoms. The Kier molecular flexibility index (Phi) is 6.22. The summed E-state index contributed by atoms with van der Waals surface area (Å²) >= 11 is 0. The van der Waals surface area contributed by atoms with Crippen molar-refractivity contribution in [2.75, 3.05) is 30.4 Å². The molecule has 0 saturated heterocycles. The maximum Gasteiger partial charge on any atom is 0.274 e. The topological polar surface area (TPSA) is 67.4 Å². The van der Waals surface area contributed by atoms with E-state index in [1.165, 1.54) is 0 Å². The van der Waals surface area contributed by atoms with Crippen molar-refractivity contribution < 1.29 is 9.53 Å². The molecule has 0 unspecified atom stereocenters. The van der Waals surface area contributed by atoms with Crippen LogP contribution < -0.4 is 15.0 Å². The van der Waals surface area contributed by atoms with Gasteiger partial charge < -0.3 is 15.0 Å². The number of rotatable bonds is 7. The molecule has 0 aliphatic rings. The zero-order valence-electron chi connectivity index (χ0n) is 16.3. The maximum absolute atomic E-state index is 12.9. The van der Waals surface area contributed by atoms with E-state index in [0.29, 0.717) is 23.0 Å². The largest absolute Gasteiger partial charge is 0.497 e. The third-order valence-corrected chi connectivity index (χ3v) is 4.39. The van der Waals surface area contributed by atoms with Crippen molar-refractivity contribution in [1.82, 2.24) is 9.97 Å². The standard InChI is InChI=1S/C22H24N4O2/c1-4-26(5-2)20-15-19(24-21(25-20)16-10-7-6-8-11-16)22(27)23-17-12-9-13-18(14-17)28-3/h6-15H,4-5H2,1-3H3,(H,23,27). The predicted octanol–water partition coefficient (Wildman–Crippen LogP) is 4.25. The van der Waals surface area contributed by atoms with Crippen molar-refractivity contribution in [2.45, 2.75) is 13.8 Å². The third kappa shape index (κ3) is 4.46. The van der Waals surface area contributed by atoms with Gasteiger partial charge in [-0.05, 0) is 26.0 Å². The highest BCUT2D eigenvalue weighted by molar-refractivity contribution is 6.03. The van der Waals surface area contributed by atoms with E-state index in [-0.39, 0.29) is 5.91 Å². The van der Waals surface area contributed by atoms with Crippen LogP contribution in [0.15, 0.2) is 60.7 Å². The molecule has 0 radical (unpaired) electrons. The lowest BCUT2D eigenvalue weighted by molar-refractivity contribution is 0.102. The summed E-state index contributed by atoms with van der Waals surface area (Å²) in [6.07, 6.45) is 0. The zero-order valence-corrected chi connectivity index (χ0v) is 16.3. The highest BCUT2D eigenvalue weighted by atomic mass is 16.5. The van der Waals surface area contributed by atoms with E-state index in [4.69, 9.17) is 4.74 Å². The molecule has 1 aromatic heterocycles. The number of amides is 1. The summed E-state index contributed by atoms with van der Waals surface area (Å²) in [5.74, 6) is 1.64. The molecule has 0 aliphatic carbocycles. The van der Waals surface area contributed by atoms with Crippen molar-refractivity contribution in [1.29, 1.82) is 0 Å². The van der Waals surface area contributed by atoms with Crippen LogP contribution in [0.5, 0.6) is 5.75 Å². The number of hydrogen-bond acceptors (Lipinski definition) is 5. The fourth-order valence-electron chi connectivity index (χ4n) is 2.87. The molecule has 6 nitrogen and oxygen atoms in total. The molecule has 1 heterocycles. The first-order valence-electron chi connectivity index (χ1n) is 9.29. The number of ether oxygens (including phenoxy) is 1. The molecule has 0 atom stereocenters. The summed E-state index contributed by atoms with van der Waals surface area (Å²) in [5, 5.41) is 2.89. The lowest BCUT2D eigenvalue weighted by atomic mass is 10.2. The maximum atomic E-state index is 12.9. The zero-order chi connectivity index (χ0) is 19.9. The van der Waals surface area contributed by atoms with Crippen molar-refractivity contribution >= 4 is 17.4 Å². The lowest BCUT2D eigenvalue weighted by Crippen LogP contribution is -2.24. The molecule has 0 spiro atoms. The molecule has 3 aromatic rings. The van der Waals surface area contributed by atoms with E-state index in [1.54, 1.807) is 19.2 Å². The number of benzene rings is 2. The van der Waals surface area contributed by atoms with Gasteiger partial charge in [0.1, 0.15) is 17.3 Å². The van der Waals surface area contributed by atoms with Gasteiger partial charge >= 0.3 is 0 Å². The van der Waals surface area contributed by atoms with Crippen molar-refractivity contribution in [3.63, 3.8) is 0 Å². The molecule has 3 rings (SSSR count). The van der Waals surface area contributed by atoms with Crippen molar-refractivity contribution in [3.05, 3.63) is 66.4 Å². The Labute approximate surface area is 165 Å². The van der Waals surface area contributed by atoms with Gasteiger partial charge in [0.2, 0.25) is 0 Å². The minimum absolute atomic E-state index is 0.291. The summed E-state index contributed by atoms with van der Waals surface area (Å²) in [4.78, 5) is 24.2. The van der Waals surface area contributed by atoms with Crippen molar-refractivity contribution in [3.8, 4) is 17.1 Å². The van der Waals surface area contributed by atoms with Gasteiger partial charge in [0.05, 0.1) is 7.11 Å². The van der Waals surface area contributed by atoms with Gasteiger partial charge in [0.15, 0.2) is 5.82 Å². The van der Waals surface area contributed by atoms with E-state index >= 15 is 0 Å². The molecular formula is C22H24N4O2. The number of hydrogen-bond donors (Lipinski definition) is 1. The van der Waals surface area contributed by atoms with Gasteiger partial charge in [0.25, 0.3) is 5.91 Å². The van der Waals surface area contributed by atoms with Crippen LogP contribution in [0.4, 0.5) is 11.5 Å². The van der Waals surface area contributed by atoms with Gasteiger partial charge in [0, 0.05) is 36.5 Å². The van der Waals surface area contributed by atoms with Gasteiger partial charge in [-0.1, -0.05) is 36.4 Å². The summed E-state index contributed by atoms with van der Waals surface area (Å²) in [6, 6.07) is 18.6. The second kappa shape index (κ2) is 8.99. The first-order chi connectivity index (χ1) is 13.6. The molecule has 0 saturated carbocycles. The Morgan fingerprint density at radius 2 is 1.75 bits per heavy atom. The summed E-state index contributed by atoms with van der Waals surface area (Å²) in [7, 11) is 1.59. The van der Waals surface area contributed by atoms with Crippen LogP contribution in [0.2, 0.25) is 0 Å². The van der Waals surface area contributed by atoms with E-state index in [0.717, 1.165) is 24.5 Å². The second-order valence-electron chi connectivity index (χ2n) is 6.16. The lowest BCUT2D eigenvalue weighted by Gasteiger charge is -2.21. The van der Waals surface area contributed by atoms with Crippen LogP contribution in [0, 0.1) is 0 Å². The highest BCUT2D eigenvalue weighted by Crippen LogP contribution is 2.22. The van der Waals surface area contributed by atoms with E-state index in [1.807, 2.05) is 48.5 Å². The van der Waals surface area contributed by atoms with Crippen LogP contribution >= 0.6 is 0 Å². The Balaban J connectivity index is 1.98. The summed E-state index contributed by atoms with van der Waals surface area (Å²) in [6.45, 7) is 5.70. The van der Waals surface area contributed by atoms with E-state index in [9.17, 15) is 4.79 Å². The highest BCUT2D eigenvalue weighted by Gasteiger charge is 2.16. The molecule has 28 heavy (non-hydrogen) atoms. The van der Waals surface area contributed by atoms with E-state index in [2.05, 4.69) is 34.0 Å². The van der Waals surface area contributed by atoms with Crippen LogP contribution in [-0.4, -0.2) is 36.1 Å². The quantitative estimate of drug-likeness (QED) is 0.668. The number of aromatic nitrogens is 2. The fraction of sp³-hybridized carbons (Fsp3) is 0.227. The van der Waals surface area contributed by atoms with Crippen molar-refractivity contribution in [2.24, 2.45) is 0 Å². The predicted molar refractivity (Wildman–Crippen MR) is 112 cm³/mol. The van der Waals surface area contributed by atoms with Gasteiger partial charge in [-0.15, -0.1) is 0 Å².